The molecule has 26 heavy (non-hydrogen) atoms. The second-order valence-corrected chi connectivity index (χ2v) is 6.80. The summed E-state index contributed by atoms with van der Waals surface area (Å²) in [6.07, 6.45) is -12.2. The third kappa shape index (κ3) is 3.46. The largest absolute Gasteiger partial charge is 0.407 e. The van der Waals surface area contributed by atoms with E-state index in [9.17, 15) is 26.3 Å². The van der Waals surface area contributed by atoms with Crippen LogP contribution >= 0.6 is 0 Å². The molecule has 0 amide bonds. The van der Waals surface area contributed by atoms with Crippen LogP contribution in [0, 0.1) is 27.7 Å². The Labute approximate surface area is 148 Å². The fourth-order valence-corrected chi connectivity index (χ4v) is 3.02. The smallest absolute Gasteiger partial charge is 0.170 e. The topological polar surface area (TPSA) is 0 Å². The number of aryl methyl sites for hydroxylation is 4. The first-order valence-corrected chi connectivity index (χ1v) is 8.07. The van der Waals surface area contributed by atoms with Crippen LogP contribution in [-0.4, -0.2) is 12.4 Å². The van der Waals surface area contributed by atoms with Crippen molar-refractivity contribution < 1.29 is 26.3 Å². The Morgan fingerprint density at radius 2 is 1.08 bits per heavy atom. The van der Waals surface area contributed by atoms with E-state index in [1.807, 2.05) is 0 Å². The molecule has 0 heterocycles. The lowest BCUT2D eigenvalue weighted by Gasteiger charge is -2.38. The first kappa shape index (κ1) is 20.3. The molecule has 0 aliphatic heterocycles. The van der Waals surface area contributed by atoms with Crippen molar-refractivity contribution in [1.82, 2.24) is 0 Å². The molecule has 2 aromatic rings. The summed E-state index contributed by atoms with van der Waals surface area (Å²) in [5.41, 5.74) is -2.25. The van der Waals surface area contributed by atoms with E-state index in [4.69, 9.17) is 0 Å². The summed E-state index contributed by atoms with van der Waals surface area (Å²) in [7, 11) is 0. The molecule has 0 atom stereocenters. The van der Waals surface area contributed by atoms with Gasteiger partial charge >= 0.3 is 12.4 Å². The van der Waals surface area contributed by atoms with Crippen LogP contribution < -0.4 is 0 Å². The van der Waals surface area contributed by atoms with Crippen molar-refractivity contribution in [2.24, 2.45) is 0 Å². The predicted octanol–water partition coefficient (Wildman–Crippen LogP) is 6.53. The van der Waals surface area contributed by atoms with Crippen molar-refractivity contribution in [3.63, 3.8) is 0 Å². The van der Waals surface area contributed by atoms with Gasteiger partial charge in [0.25, 0.3) is 0 Å². The fraction of sp³-hybridized carbons (Fsp3) is 0.400. The molecular formula is C20H20F6. The standard InChI is InChI=1S/C20H20F6/c1-12-5-7-16(9-14(12)3)11-18(19(21,22)23,20(24,25)26)17-8-6-13(2)15(4)10-17/h5-10H,11H2,1-4H3. The maximum absolute atomic E-state index is 13.9. The average Bonchev–Trinajstić information content (AvgIpc) is 2.48. The van der Waals surface area contributed by atoms with Crippen LogP contribution in [-0.2, 0) is 11.8 Å². The summed E-state index contributed by atoms with van der Waals surface area (Å²) in [5, 5.41) is 0. The molecule has 0 aliphatic rings. The van der Waals surface area contributed by atoms with Crippen molar-refractivity contribution in [2.45, 2.75) is 51.9 Å². The Hall–Kier alpha value is -1.98. The maximum atomic E-state index is 13.9. The maximum Gasteiger partial charge on any atom is 0.407 e. The van der Waals surface area contributed by atoms with E-state index in [-0.39, 0.29) is 5.56 Å². The van der Waals surface area contributed by atoms with Gasteiger partial charge in [0.05, 0.1) is 0 Å². The van der Waals surface area contributed by atoms with Gasteiger partial charge in [0, 0.05) is 0 Å². The third-order valence-electron chi connectivity index (χ3n) is 5.01. The van der Waals surface area contributed by atoms with E-state index in [0.29, 0.717) is 16.7 Å². The van der Waals surface area contributed by atoms with Gasteiger partial charge in [0.15, 0.2) is 5.41 Å². The molecule has 0 bridgehead atoms. The number of hydrogen-bond donors (Lipinski definition) is 0. The van der Waals surface area contributed by atoms with Gasteiger partial charge in [-0.2, -0.15) is 26.3 Å². The van der Waals surface area contributed by atoms with Crippen LogP contribution in [0.15, 0.2) is 36.4 Å². The molecule has 0 aromatic heterocycles. The molecule has 6 heteroatoms. The van der Waals surface area contributed by atoms with E-state index in [2.05, 4.69) is 0 Å². The molecule has 142 valence electrons. The Morgan fingerprint density at radius 3 is 1.50 bits per heavy atom. The van der Waals surface area contributed by atoms with Crippen molar-refractivity contribution in [3.8, 4) is 0 Å². The van der Waals surface area contributed by atoms with Crippen LogP contribution in [0.2, 0.25) is 0 Å². The Kier molecular flexibility index (Phi) is 5.19. The minimum atomic E-state index is -5.49. The van der Waals surface area contributed by atoms with Crippen LogP contribution in [0.25, 0.3) is 0 Å². The molecule has 0 spiro atoms. The second-order valence-electron chi connectivity index (χ2n) is 6.80. The molecule has 0 nitrogen and oxygen atoms in total. The van der Waals surface area contributed by atoms with Gasteiger partial charge in [0.2, 0.25) is 0 Å². The molecule has 0 radical (unpaired) electrons. The zero-order chi connectivity index (χ0) is 19.9. The highest BCUT2D eigenvalue weighted by Crippen LogP contribution is 2.54. The Bertz CT molecular complexity index is 785. The lowest BCUT2D eigenvalue weighted by Crippen LogP contribution is -2.55. The summed E-state index contributed by atoms with van der Waals surface area (Å²) >= 11 is 0. The SMILES string of the molecule is Cc1ccc(CC(c2ccc(C)c(C)c2)(C(F)(F)F)C(F)(F)F)cc1C. The molecular weight excluding hydrogens is 354 g/mol. The van der Waals surface area contributed by atoms with Gasteiger partial charge in [-0.3, -0.25) is 0 Å². The Balaban J connectivity index is 2.75. The van der Waals surface area contributed by atoms with Crippen molar-refractivity contribution >= 4 is 0 Å². The quantitative estimate of drug-likeness (QED) is 0.536. The zero-order valence-corrected chi connectivity index (χ0v) is 14.9. The summed E-state index contributed by atoms with van der Waals surface area (Å²) in [4.78, 5) is 0. The van der Waals surface area contributed by atoms with E-state index < -0.39 is 29.8 Å². The van der Waals surface area contributed by atoms with Crippen LogP contribution in [0.5, 0.6) is 0 Å². The summed E-state index contributed by atoms with van der Waals surface area (Å²) in [6.45, 7) is 6.57. The number of hydrogen-bond acceptors (Lipinski definition) is 0. The molecule has 2 rings (SSSR count). The van der Waals surface area contributed by atoms with Gasteiger partial charge in [-0.1, -0.05) is 36.4 Å². The number of rotatable bonds is 3. The first-order chi connectivity index (χ1) is 11.8. The zero-order valence-electron chi connectivity index (χ0n) is 14.9. The minimum Gasteiger partial charge on any atom is -0.170 e. The summed E-state index contributed by atoms with van der Waals surface area (Å²) in [5.74, 6) is 0. The number of benzene rings is 2. The van der Waals surface area contributed by atoms with E-state index >= 15 is 0 Å². The minimum absolute atomic E-state index is 0.000906. The first-order valence-electron chi connectivity index (χ1n) is 8.07. The molecule has 0 N–H and O–H groups in total. The molecule has 0 unspecified atom stereocenters. The van der Waals surface area contributed by atoms with Crippen molar-refractivity contribution in [1.29, 1.82) is 0 Å². The van der Waals surface area contributed by atoms with Crippen molar-refractivity contribution in [3.05, 3.63) is 69.8 Å². The predicted molar refractivity (Wildman–Crippen MR) is 89.3 cm³/mol. The van der Waals surface area contributed by atoms with Gasteiger partial charge < -0.3 is 0 Å². The van der Waals surface area contributed by atoms with Gasteiger partial charge in [-0.15, -0.1) is 0 Å². The average molecular weight is 374 g/mol. The van der Waals surface area contributed by atoms with Crippen LogP contribution in [0.4, 0.5) is 26.3 Å². The Morgan fingerprint density at radius 1 is 0.615 bits per heavy atom. The molecule has 0 aliphatic carbocycles. The second kappa shape index (κ2) is 6.63. The monoisotopic (exact) mass is 374 g/mol. The highest BCUT2D eigenvalue weighted by Gasteiger charge is 2.71. The van der Waals surface area contributed by atoms with Gasteiger partial charge in [-0.25, -0.2) is 0 Å². The van der Waals surface area contributed by atoms with E-state index in [1.54, 1.807) is 26.8 Å². The lowest BCUT2D eigenvalue weighted by molar-refractivity contribution is -0.303. The lowest BCUT2D eigenvalue weighted by atomic mass is 9.73. The van der Waals surface area contributed by atoms with E-state index in [1.165, 1.54) is 25.1 Å². The van der Waals surface area contributed by atoms with Gasteiger partial charge in [0.1, 0.15) is 0 Å². The molecule has 0 saturated heterocycles. The van der Waals surface area contributed by atoms with Crippen LogP contribution in [0.1, 0.15) is 33.4 Å². The third-order valence-corrected chi connectivity index (χ3v) is 5.01. The van der Waals surface area contributed by atoms with E-state index in [0.717, 1.165) is 17.7 Å². The molecule has 2 aromatic carbocycles. The normalized spacial score (nSPS) is 13.2. The van der Waals surface area contributed by atoms with Gasteiger partial charge in [-0.05, 0) is 67.5 Å². The fourth-order valence-electron chi connectivity index (χ4n) is 3.02. The van der Waals surface area contributed by atoms with Crippen LogP contribution in [0.3, 0.4) is 0 Å². The number of alkyl halides is 6. The molecule has 0 fully saturated rings. The van der Waals surface area contributed by atoms with Crippen molar-refractivity contribution in [2.75, 3.05) is 0 Å². The highest BCUT2D eigenvalue weighted by molar-refractivity contribution is 5.40. The highest BCUT2D eigenvalue weighted by atomic mass is 19.4. The summed E-state index contributed by atoms with van der Waals surface area (Å²) in [6, 6.07) is 7.50. The molecule has 0 saturated carbocycles. The summed E-state index contributed by atoms with van der Waals surface area (Å²) < 4.78 is 83.6. The number of halogens is 6.